The normalized spacial score (nSPS) is 23.9. The average Bonchev–Trinajstić information content (AvgIpc) is 2.37. The molecule has 5 nitrogen and oxygen atoms in total. The number of nitrogens with one attached hydrogen (secondary N) is 1. The van der Waals surface area contributed by atoms with Crippen LogP contribution in [0.2, 0.25) is 0 Å². The molecule has 0 aromatic heterocycles. The molecule has 0 saturated carbocycles. The average molecular weight is 286 g/mol. The molecular weight excluding hydrogens is 256 g/mol. The summed E-state index contributed by atoms with van der Waals surface area (Å²) in [4.78, 5) is 14.4. The molecule has 1 aliphatic rings. The van der Waals surface area contributed by atoms with Crippen molar-refractivity contribution in [3.63, 3.8) is 0 Å². The van der Waals surface area contributed by atoms with Crippen molar-refractivity contribution in [2.24, 2.45) is 11.3 Å². The third-order valence-corrected chi connectivity index (χ3v) is 3.77. The molecule has 0 spiro atoms. The number of piperidine rings is 1. The number of carbonyl (C=O) groups is 1. The van der Waals surface area contributed by atoms with Gasteiger partial charge >= 0.3 is 0 Å². The molecule has 3 N–H and O–H groups in total. The Bertz CT molecular complexity index is 302. The van der Waals surface area contributed by atoms with E-state index in [0.717, 1.165) is 38.9 Å². The van der Waals surface area contributed by atoms with Crippen molar-refractivity contribution in [2.75, 3.05) is 32.8 Å². The van der Waals surface area contributed by atoms with Gasteiger partial charge in [-0.3, -0.25) is 4.79 Å². The van der Waals surface area contributed by atoms with Crippen LogP contribution >= 0.6 is 0 Å². The van der Waals surface area contributed by atoms with E-state index in [1.54, 1.807) is 0 Å². The van der Waals surface area contributed by atoms with Crippen LogP contribution in [0, 0.1) is 11.3 Å². The molecule has 0 bridgehead atoms. The largest absolute Gasteiger partial charge is 0.396 e. The second-order valence-corrected chi connectivity index (χ2v) is 6.80. The summed E-state index contributed by atoms with van der Waals surface area (Å²) in [7, 11) is 0. The Morgan fingerprint density at radius 3 is 2.50 bits per heavy atom. The molecule has 0 aromatic carbocycles. The van der Waals surface area contributed by atoms with Crippen molar-refractivity contribution in [3.8, 4) is 0 Å². The van der Waals surface area contributed by atoms with Gasteiger partial charge in [0.1, 0.15) is 0 Å². The number of hydrogen-bond donors (Lipinski definition) is 3. The quantitative estimate of drug-likeness (QED) is 0.625. The van der Waals surface area contributed by atoms with Crippen molar-refractivity contribution in [2.45, 2.75) is 46.1 Å². The number of nitrogens with zero attached hydrogens (tertiary/aromatic N) is 1. The highest BCUT2D eigenvalue weighted by Gasteiger charge is 2.34. The highest BCUT2D eigenvalue weighted by Crippen LogP contribution is 2.25. The van der Waals surface area contributed by atoms with Gasteiger partial charge in [-0.15, -0.1) is 0 Å². The van der Waals surface area contributed by atoms with Gasteiger partial charge in [-0.25, -0.2) is 0 Å². The summed E-state index contributed by atoms with van der Waals surface area (Å²) in [5.74, 6) is 0.528. The maximum Gasteiger partial charge on any atom is 0.228 e. The molecule has 5 heteroatoms. The van der Waals surface area contributed by atoms with Gasteiger partial charge < -0.3 is 20.4 Å². The highest BCUT2D eigenvalue weighted by molar-refractivity contribution is 5.81. The molecule has 1 fully saturated rings. The van der Waals surface area contributed by atoms with Crippen LogP contribution in [0.25, 0.3) is 0 Å². The van der Waals surface area contributed by atoms with E-state index >= 15 is 0 Å². The predicted molar refractivity (Wildman–Crippen MR) is 79.3 cm³/mol. The van der Waals surface area contributed by atoms with Crippen molar-refractivity contribution in [1.29, 1.82) is 0 Å². The third kappa shape index (κ3) is 5.38. The number of carbonyl (C=O) groups excluding carboxylic acids is 1. The smallest absolute Gasteiger partial charge is 0.228 e. The fourth-order valence-electron chi connectivity index (χ4n) is 2.77. The molecule has 2 atom stereocenters. The predicted octanol–water partition coefficient (Wildman–Crippen LogP) is 0.604. The lowest BCUT2D eigenvalue weighted by Crippen LogP contribution is -2.54. The summed E-state index contributed by atoms with van der Waals surface area (Å²) >= 11 is 0. The van der Waals surface area contributed by atoms with Crippen molar-refractivity contribution in [1.82, 2.24) is 10.2 Å². The lowest BCUT2D eigenvalue weighted by Gasteiger charge is -2.40. The third-order valence-electron chi connectivity index (χ3n) is 3.77. The first-order valence-corrected chi connectivity index (χ1v) is 7.63. The van der Waals surface area contributed by atoms with E-state index in [-0.39, 0.29) is 30.6 Å². The van der Waals surface area contributed by atoms with Gasteiger partial charge in [-0.2, -0.15) is 0 Å². The maximum absolute atomic E-state index is 12.4. The van der Waals surface area contributed by atoms with Crippen molar-refractivity contribution < 1.29 is 15.0 Å². The van der Waals surface area contributed by atoms with Crippen LogP contribution in [0.1, 0.15) is 40.0 Å². The zero-order valence-corrected chi connectivity index (χ0v) is 13.1. The molecule has 1 heterocycles. The summed E-state index contributed by atoms with van der Waals surface area (Å²) in [6.45, 7) is 8.43. The Balaban J connectivity index is 2.62. The molecule has 0 radical (unpaired) electrons. The van der Waals surface area contributed by atoms with Gasteiger partial charge in [-0.1, -0.05) is 20.8 Å². The minimum Gasteiger partial charge on any atom is -0.396 e. The van der Waals surface area contributed by atoms with Crippen LogP contribution in [0.3, 0.4) is 0 Å². The van der Waals surface area contributed by atoms with Crippen LogP contribution in [-0.4, -0.2) is 59.9 Å². The van der Waals surface area contributed by atoms with Crippen LogP contribution in [-0.2, 0) is 4.79 Å². The maximum atomic E-state index is 12.4. The molecule has 1 amide bonds. The number of likely N-dealkylation sites (tertiary alicyclic amines) is 1. The van der Waals surface area contributed by atoms with E-state index in [9.17, 15) is 4.79 Å². The molecule has 1 rings (SSSR count). The molecule has 1 aliphatic heterocycles. The molecular formula is C15H30N2O3. The topological polar surface area (TPSA) is 72.8 Å². The lowest BCUT2D eigenvalue weighted by atomic mass is 9.88. The summed E-state index contributed by atoms with van der Waals surface area (Å²) in [5, 5.41) is 21.4. The zero-order chi connectivity index (χ0) is 15.2. The monoisotopic (exact) mass is 286 g/mol. The minimum atomic E-state index is -0.364. The van der Waals surface area contributed by atoms with Gasteiger partial charge in [0.2, 0.25) is 5.91 Å². The fourth-order valence-corrected chi connectivity index (χ4v) is 2.77. The lowest BCUT2D eigenvalue weighted by molar-refractivity contribution is -0.142. The first-order chi connectivity index (χ1) is 9.38. The summed E-state index contributed by atoms with van der Waals surface area (Å²) in [5.41, 5.74) is -0.364. The van der Waals surface area contributed by atoms with E-state index < -0.39 is 0 Å². The second-order valence-electron chi connectivity index (χ2n) is 6.80. The van der Waals surface area contributed by atoms with E-state index in [1.807, 2.05) is 25.7 Å². The fraction of sp³-hybridized carbons (Fsp3) is 0.933. The van der Waals surface area contributed by atoms with Crippen LogP contribution in [0.4, 0.5) is 0 Å². The van der Waals surface area contributed by atoms with Gasteiger partial charge in [0.25, 0.3) is 0 Å². The highest BCUT2D eigenvalue weighted by atomic mass is 16.3. The number of rotatable bonds is 6. The Morgan fingerprint density at radius 1 is 1.25 bits per heavy atom. The van der Waals surface area contributed by atoms with Crippen LogP contribution in [0.15, 0.2) is 0 Å². The Labute approximate surface area is 122 Å². The first-order valence-electron chi connectivity index (χ1n) is 7.63. The standard InChI is InChI=1S/C15H30N2O3/c1-15(2,3)14(20)17-10-12(5-8-19)9-13(11-17)16-6-4-7-18/h12-13,16,18-19H,4-11H2,1-3H3. The Morgan fingerprint density at radius 2 is 1.95 bits per heavy atom. The van der Waals surface area contributed by atoms with Crippen LogP contribution in [0.5, 0.6) is 0 Å². The summed E-state index contributed by atoms with van der Waals surface area (Å²) in [6, 6.07) is 0.262. The van der Waals surface area contributed by atoms with Gasteiger partial charge in [0, 0.05) is 37.8 Å². The number of aliphatic hydroxyl groups excluding tert-OH is 2. The molecule has 118 valence electrons. The molecule has 1 saturated heterocycles. The van der Waals surface area contributed by atoms with Crippen molar-refractivity contribution in [3.05, 3.63) is 0 Å². The number of aliphatic hydroxyl groups is 2. The second kappa shape index (κ2) is 7.96. The van der Waals surface area contributed by atoms with Gasteiger partial charge in [-0.05, 0) is 31.7 Å². The van der Waals surface area contributed by atoms with E-state index in [0.29, 0.717) is 5.92 Å². The van der Waals surface area contributed by atoms with E-state index in [2.05, 4.69) is 5.32 Å². The van der Waals surface area contributed by atoms with Crippen LogP contribution < -0.4 is 5.32 Å². The molecule has 2 unspecified atom stereocenters. The Kier molecular flexibility index (Phi) is 6.92. The zero-order valence-electron chi connectivity index (χ0n) is 13.1. The molecule has 0 aromatic rings. The van der Waals surface area contributed by atoms with E-state index in [4.69, 9.17) is 10.2 Å². The summed E-state index contributed by atoms with van der Waals surface area (Å²) in [6.07, 6.45) is 2.46. The number of amides is 1. The van der Waals surface area contributed by atoms with Crippen molar-refractivity contribution >= 4 is 5.91 Å². The SMILES string of the molecule is CC(C)(C)C(=O)N1CC(CCO)CC(NCCCO)C1. The summed E-state index contributed by atoms with van der Waals surface area (Å²) < 4.78 is 0. The molecule has 0 aliphatic carbocycles. The van der Waals surface area contributed by atoms with E-state index in [1.165, 1.54) is 0 Å². The Hall–Kier alpha value is -0.650. The van der Waals surface area contributed by atoms with Gasteiger partial charge in [0.15, 0.2) is 0 Å². The van der Waals surface area contributed by atoms with Gasteiger partial charge in [0.05, 0.1) is 0 Å². The number of hydrogen-bond acceptors (Lipinski definition) is 4. The minimum absolute atomic E-state index is 0.172. The first kappa shape index (κ1) is 17.4. The molecule has 20 heavy (non-hydrogen) atoms.